The Morgan fingerprint density at radius 2 is 1.68 bits per heavy atom. The first kappa shape index (κ1) is 16.2. The molecule has 0 N–H and O–H groups in total. The molecule has 0 saturated carbocycles. The van der Waals surface area contributed by atoms with Gasteiger partial charge in [0.1, 0.15) is 0 Å². The molecule has 0 aromatic heterocycles. The molecule has 0 bridgehead atoms. The van der Waals surface area contributed by atoms with Gasteiger partial charge in [-0.3, -0.25) is 9.59 Å². The van der Waals surface area contributed by atoms with Crippen molar-refractivity contribution in [2.24, 2.45) is 5.41 Å². The number of imide groups is 1. The third-order valence-electron chi connectivity index (χ3n) is 4.14. The first-order valence-electron chi connectivity index (χ1n) is 7.54. The van der Waals surface area contributed by atoms with Crippen molar-refractivity contribution in [3.63, 3.8) is 0 Å². The first-order valence-corrected chi connectivity index (χ1v) is 7.54. The van der Waals surface area contributed by atoms with Gasteiger partial charge >= 0.3 is 5.97 Å². The Kier molecular flexibility index (Phi) is 4.64. The van der Waals surface area contributed by atoms with Gasteiger partial charge in [0.25, 0.3) is 11.8 Å². The van der Waals surface area contributed by atoms with Crippen LogP contribution in [0, 0.1) is 5.41 Å². The van der Waals surface area contributed by atoms with Crippen molar-refractivity contribution in [3.05, 3.63) is 35.4 Å². The van der Waals surface area contributed by atoms with Crippen LogP contribution in [0.4, 0.5) is 0 Å². The number of amides is 2. The predicted molar refractivity (Wildman–Crippen MR) is 81.0 cm³/mol. The summed E-state index contributed by atoms with van der Waals surface area (Å²) in [4.78, 5) is 40.9. The predicted octanol–water partition coefficient (Wildman–Crippen LogP) is 3.35. The van der Waals surface area contributed by atoms with Crippen LogP contribution < -0.4 is 0 Å². The molecule has 22 heavy (non-hydrogen) atoms. The van der Waals surface area contributed by atoms with Crippen molar-refractivity contribution >= 4 is 17.8 Å². The standard InChI is InChI=1S/C17H21NO4/c1-4-17(2,3)11-7-10-14(19)22-18-15(20)12-8-5-6-9-13(12)16(18)21/h5-6,8-9H,4,7,10-11H2,1-3H3. The fourth-order valence-corrected chi connectivity index (χ4v) is 2.29. The average Bonchev–Trinajstić information content (AvgIpc) is 2.73. The molecule has 2 amide bonds. The van der Waals surface area contributed by atoms with Crippen molar-refractivity contribution in [2.75, 3.05) is 0 Å². The Balaban J connectivity index is 1.91. The Morgan fingerprint density at radius 3 is 2.18 bits per heavy atom. The Bertz CT molecular complexity index is 571. The number of hydrogen-bond donors (Lipinski definition) is 0. The quantitative estimate of drug-likeness (QED) is 0.756. The highest BCUT2D eigenvalue weighted by Gasteiger charge is 2.38. The average molecular weight is 303 g/mol. The van der Waals surface area contributed by atoms with Gasteiger partial charge in [0.15, 0.2) is 0 Å². The fraction of sp³-hybridized carbons (Fsp3) is 0.471. The lowest BCUT2D eigenvalue weighted by atomic mass is 9.85. The van der Waals surface area contributed by atoms with Gasteiger partial charge in [-0.05, 0) is 30.4 Å². The van der Waals surface area contributed by atoms with Crippen molar-refractivity contribution < 1.29 is 19.2 Å². The summed E-state index contributed by atoms with van der Waals surface area (Å²) >= 11 is 0. The summed E-state index contributed by atoms with van der Waals surface area (Å²) < 4.78 is 0. The lowest BCUT2D eigenvalue weighted by molar-refractivity contribution is -0.168. The normalized spacial score (nSPS) is 14.2. The van der Waals surface area contributed by atoms with E-state index in [0.29, 0.717) is 11.5 Å². The van der Waals surface area contributed by atoms with E-state index in [-0.39, 0.29) is 23.0 Å². The molecule has 5 heteroatoms. The minimum atomic E-state index is -0.581. The van der Waals surface area contributed by atoms with Gasteiger partial charge in [-0.2, -0.15) is 0 Å². The van der Waals surface area contributed by atoms with E-state index < -0.39 is 17.8 Å². The largest absolute Gasteiger partial charge is 0.333 e. The molecule has 0 aliphatic carbocycles. The highest BCUT2D eigenvalue weighted by molar-refractivity contribution is 6.20. The molecule has 0 unspecified atom stereocenters. The van der Waals surface area contributed by atoms with E-state index in [4.69, 9.17) is 4.84 Å². The zero-order valence-electron chi connectivity index (χ0n) is 13.2. The van der Waals surface area contributed by atoms with Crippen LogP contribution in [0.5, 0.6) is 0 Å². The summed E-state index contributed by atoms with van der Waals surface area (Å²) in [5.74, 6) is -1.72. The molecule has 5 nitrogen and oxygen atoms in total. The van der Waals surface area contributed by atoms with E-state index in [9.17, 15) is 14.4 Å². The van der Waals surface area contributed by atoms with Crippen LogP contribution in [0.3, 0.4) is 0 Å². The third kappa shape index (κ3) is 3.35. The topological polar surface area (TPSA) is 63.7 Å². The molecule has 0 radical (unpaired) electrons. The first-order chi connectivity index (χ1) is 10.4. The molecule has 1 heterocycles. The summed E-state index contributed by atoms with van der Waals surface area (Å²) in [6.07, 6.45) is 2.78. The molecule has 0 atom stereocenters. The number of carbonyl (C=O) groups excluding carboxylic acids is 3. The number of fused-ring (bicyclic) bond motifs is 1. The summed E-state index contributed by atoms with van der Waals surface area (Å²) in [6.45, 7) is 6.39. The molecule has 2 rings (SSSR count). The van der Waals surface area contributed by atoms with E-state index in [1.165, 1.54) is 0 Å². The second-order valence-electron chi connectivity index (χ2n) is 6.28. The van der Waals surface area contributed by atoms with Crippen LogP contribution in [-0.4, -0.2) is 22.8 Å². The van der Waals surface area contributed by atoms with Gasteiger partial charge in [0.2, 0.25) is 0 Å². The maximum absolute atomic E-state index is 12.0. The third-order valence-corrected chi connectivity index (χ3v) is 4.14. The van der Waals surface area contributed by atoms with E-state index in [2.05, 4.69) is 20.8 Å². The molecule has 0 spiro atoms. The Morgan fingerprint density at radius 1 is 1.14 bits per heavy atom. The summed E-state index contributed by atoms with van der Waals surface area (Å²) in [5, 5.41) is 0.567. The zero-order chi connectivity index (χ0) is 16.3. The van der Waals surface area contributed by atoms with Gasteiger partial charge < -0.3 is 4.84 Å². The molecule has 0 fully saturated rings. The molecule has 118 valence electrons. The second kappa shape index (κ2) is 6.30. The number of nitrogens with zero attached hydrogens (tertiary/aromatic N) is 1. The minimum absolute atomic E-state index is 0.176. The highest BCUT2D eigenvalue weighted by atomic mass is 16.7. The Hall–Kier alpha value is -2.17. The Labute approximate surface area is 130 Å². The van der Waals surface area contributed by atoms with Crippen molar-refractivity contribution in [3.8, 4) is 0 Å². The van der Waals surface area contributed by atoms with Crippen LogP contribution in [-0.2, 0) is 9.63 Å². The van der Waals surface area contributed by atoms with Crippen LogP contribution in [0.1, 0.15) is 67.2 Å². The van der Waals surface area contributed by atoms with Crippen molar-refractivity contribution in [2.45, 2.75) is 46.5 Å². The van der Waals surface area contributed by atoms with Gasteiger partial charge in [-0.1, -0.05) is 44.4 Å². The second-order valence-corrected chi connectivity index (χ2v) is 6.28. The molecule has 1 aromatic carbocycles. The fourth-order valence-electron chi connectivity index (χ4n) is 2.29. The van der Waals surface area contributed by atoms with Crippen LogP contribution >= 0.6 is 0 Å². The monoisotopic (exact) mass is 303 g/mol. The van der Waals surface area contributed by atoms with Gasteiger partial charge in [0.05, 0.1) is 11.1 Å². The number of hydroxylamine groups is 2. The lowest BCUT2D eigenvalue weighted by Crippen LogP contribution is -2.32. The zero-order valence-corrected chi connectivity index (χ0v) is 13.2. The number of carbonyl (C=O) groups is 3. The van der Waals surface area contributed by atoms with Crippen LogP contribution in [0.15, 0.2) is 24.3 Å². The molecule has 1 aromatic rings. The van der Waals surface area contributed by atoms with Crippen LogP contribution in [0.25, 0.3) is 0 Å². The SMILES string of the molecule is CCC(C)(C)CCCC(=O)ON1C(=O)c2ccccc2C1=O. The van der Waals surface area contributed by atoms with E-state index >= 15 is 0 Å². The summed E-state index contributed by atoms with van der Waals surface area (Å²) in [6, 6.07) is 6.44. The molecular weight excluding hydrogens is 282 g/mol. The van der Waals surface area contributed by atoms with Gasteiger partial charge in [-0.15, -0.1) is 0 Å². The molecule has 0 saturated heterocycles. The highest BCUT2D eigenvalue weighted by Crippen LogP contribution is 2.27. The summed E-state index contributed by atoms with van der Waals surface area (Å²) in [7, 11) is 0. The minimum Gasteiger partial charge on any atom is -0.330 e. The van der Waals surface area contributed by atoms with E-state index in [1.54, 1.807) is 24.3 Å². The van der Waals surface area contributed by atoms with Crippen molar-refractivity contribution in [1.82, 2.24) is 5.06 Å². The number of benzene rings is 1. The van der Waals surface area contributed by atoms with Gasteiger partial charge in [-0.25, -0.2) is 4.79 Å². The van der Waals surface area contributed by atoms with Gasteiger partial charge in [0, 0.05) is 6.42 Å². The summed E-state index contributed by atoms with van der Waals surface area (Å²) in [5.41, 5.74) is 0.718. The lowest BCUT2D eigenvalue weighted by Gasteiger charge is -2.22. The molecule has 1 aliphatic rings. The maximum Gasteiger partial charge on any atom is 0.333 e. The smallest absolute Gasteiger partial charge is 0.330 e. The maximum atomic E-state index is 12.0. The van der Waals surface area contributed by atoms with Crippen LogP contribution in [0.2, 0.25) is 0 Å². The van der Waals surface area contributed by atoms with Crippen molar-refractivity contribution in [1.29, 1.82) is 0 Å². The number of hydrogen-bond acceptors (Lipinski definition) is 4. The molecule has 1 aliphatic heterocycles. The van der Waals surface area contributed by atoms with E-state index in [1.807, 2.05) is 0 Å². The number of rotatable bonds is 6. The molecular formula is C17H21NO4. The van der Waals surface area contributed by atoms with E-state index in [0.717, 1.165) is 12.8 Å².